The molecule has 3 rings (SSSR count). The maximum atomic E-state index is 12.3. The second-order valence-corrected chi connectivity index (χ2v) is 4.27. The Labute approximate surface area is 109 Å². The van der Waals surface area contributed by atoms with Crippen molar-refractivity contribution in [3.8, 4) is 0 Å². The normalized spacial score (nSPS) is 11.0. The molecule has 3 aromatic rings. The number of furan rings is 1. The number of fused-ring (bicyclic) bond motifs is 1. The number of rotatable bonds is 3. The van der Waals surface area contributed by atoms with E-state index in [9.17, 15) is 4.79 Å². The first kappa shape index (κ1) is 11.7. The van der Waals surface area contributed by atoms with Crippen LogP contribution < -0.4 is 11.3 Å². The fourth-order valence-corrected chi connectivity index (χ4v) is 2.00. The van der Waals surface area contributed by atoms with Gasteiger partial charge in [0.1, 0.15) is 11.5 Å². The van der Waals surface area contributed by atoms with Crippen LogP contribution in [0.2, 0.25) is 0 Å². The van der Waals surface area contributed by atoms with E-state index in [1.807, 2.05) is 30.3 Å². The number of benzene rings is 1. The lowest BCUT2D eigenvalue weighted by molar-refractivity contribution is 0.452. The van der Waals surface area contributed by atoms with Crippen LogP contribution in [0.1, 0.15) is 11.5 Å². The van der Waals surface area contributed by atoms with Gasteiger partial charge in [-0.2, -0.15) is 0 Å². The van der Waals surface area contributed by atoms with Gasteiger partial charge in [-0.15, -0.1) is 0 Å². The molecule has 0 saturated heterocycles. The lowest BCUT2D eigenvalue weighted by Crippen LogP contribution is -2.20. The van der Waals surface area contributed by atoms with Crippen molar-refractivity contribution < 1.29 is 4.42 Å². The Morgan fingerprint density at radius 1 is 1.16 bits per heavy atom. The number of hydrogen-bond acceptors (Lipinski definition) is 4. The molecule has 0 bridgehead atoms. The van der Waals surface area contributed by atoms with Gasteiger partial charge in [-0.25, -0.2) is 4.98 Å². The third-order valence-corrected chi connectivity index (χ3v) is 2.98. The van der Waals surface area contributed by atoms with Gasteiger partial charge in [0.05, 0.1) is 30.3 Å². The fourth-order valence-electron chi connectivity index (χ4n) is 2.00. The molecular weight excluding hydrogens is 242 g/mol. The summed E-state index contributed by atoms with van der Waals surface area (Å²) in [5.41, 5.74) is 6.11. The van der Waals surface area contributed by atoms with Gasteiger partial charge in [0.2, 0.25) is 0 Å². The Morgan fingerprint density at radius 3 is 2.74 bits per heavy atom. The first-order chi connectivity index (χ1) is 9.28. The highest BCUT2D eigenvalue weighted by molar-refractivity contribution is 5.76. The van der Waals surface area contributed by atoms with Gasteiger partial charge in [0, 0.05) is 0 Å². The van der Waals surface area contributed by atoms with Gasteiger partial charge in [-0.05, 0) is 24.3 Å². The van der Waals surface area contributed by atoms with Crippen molar-refractivity contribution in [1.82, 2.24) is 9.55 Å². The molecule has 1 aromatic carbocycles. The third kappa shape index (κ3) is 2.15. The fraction of sp³-hybridized carbons (Fsp3) is 0.143. The van der Waals surface area contributed by atoms with Crippen LogP contribution >= 0.6 is 0 Å². The molecule has 19 heavy (non-hydrogen) atoms. The second kappa shape index (κ2) is 4.70. The first-order valence-corrected chi connectivity index (χ1v) is 6.00. The van der Waals surface area contributed by atoms with Crippen molar-refractivity contribution in [1.29, 1.82) is 0 Å². The third-order valence-electron chi connectivity index (χ3n) is 2.98. The summed E-state index contributed by atoms with van der Waals surface area (Å²) < 4.78 is 7.02. The lowest BCUT2D eigenvalue weighted by atomic mass is 10.2. The predicted molar refractivity (Wildman–Crippen MR) is 71.7 cm³/mol. The molecule has 2 N–H and O–H groups in total. The number of hydrogen-bond donors (Lipinski definition) is 1. The number of para-hydroxylation sites is 1. The smallest absolute Gasteiger partial charge is 0.261 e. The largest absolute Gasteiger partial charge is 0.463 e. The molecule has 0 fully saturated rings. The highest BCUT2D eigenvalue weighted by atomic mass is 16.3. The van der Waals surface area contributed by atoms with E-state index >= 15 is 0 Å². The molecule has 0 spiro atoms. The number of nitrogens with zero attached hydrogens (tertiary/aromatic N) is 2. The van der Waals surface area contributed by atoms with E-state index in [-0.39, 0.29) is 5.56 Å². The molecule has 0 aliphatic heterocycles. The summed E-state index contributed by atoms with van der Waals surface area (Å²) in [5, 5.41) is 0.607. The van der Waals surface area contributed by atoms with Gasteiger partial charge in [0.15, 0.2) is 0 Å². The maximum absolute atomic E-state index is 12.3. The van der Waals surface area contributed by atoms with E-state index in [2.05, 4.69) is 4.98 Å². The zero-order valence-electron chi connectivity index (χ0n) is 10.2. The molecule has 0 saturated carbocycles. The minimum absolute atomic E-state index is 0.0729. The summed E-state index contributed by atoms with van der Waals surface area (Å²) >= 11 is 0. The van der Waals surface area contributed by atoms with Gasteiger partial charge in [-0.1, -0.05) is 12.1 Å². The monoisotopic (exact) mass is 255 g/mol. The summed E-state index contributed by atoms with van der Waals surface area (Å²) in [6.07, 6.45) is 1.54. The molecule has 5 nitrogen and oxygen atoms in total. The van der Waals surface area contributed by atoms with Crippen molar-refractivity contribution in [2.45, 2.75) is 13.1 Å². The topological polar surface area (TPSA) is 74.1 Å². The summed E-state index contributed by atoms with van der Waals surface area (Å²) in [6, 6.07) is 10.9. The summed E-state index contributed by atoms with van der Waals surface area (Å²) in [6.45, 7) is 0.710. The van der Waals surface area contributed by atoms with Crippen LogP contribution in [0.3, 0.4) is 0 Å². The van der Waals surface area contributed by atoms with E-state index in [1.165, 1.54) is 10.9 Å². The van der Waals surface area contributed by atoms with Crippen molar-refractivity contribution >= 4 is 10.9 Å². The standard InChI is InChI=1S/C14H13N3O2/c15-7-10-5-6-11(19-10)8-17-9-16-13-4-2-1-3-12(13)14(17)18/h1-6,9H,7-8,15H2. The van der Waals surface area contributed by atoms with Crippen LogP contribution in [0.25, 0.3) is 10.9 Å². The van der Waals surface area contributed by atoms with Gasteiger partial charge >= 0.3 is 0 Å². The van der Waals surface area contributed by atoms with Crippen LogP contribution in [0.4, 0.5) is 0 Å². The van der Waals surface area contributed by atoms with Crippen LogP contribution in [-0.4, -0.2) is 9.55 Å². The zero-order chi connectivity index (χ0) is 13.2. The average molecular weight is 255 g/mol. The zero-order valence-corrected chi connectivity index (χ0v) is 10.2. The molecule has 0 aliphatic carbocycles. The van der Waals surface area contributed by atoms with Crippen molar-refractivity contribution in [2.75, 3.05) is 0 Å². The minimum atomic E-state index is -0.0729. The Hall–Kier alpha value is -2.40. The second-order valence-electron chi connectivity index (χ2n) is 4.27. The van der Waals surface area contributed by atoms with Crippen LogP contribution in [0.5, 0.6) is 0 Å². The first-order valence-electron chi connectivity index (χ1n) is 6.00. The highest BCUT2D eigenvalue weighted by Gasteiger charge is 2.06. The van der Waals surface area contributed by atoms with E-state index in [4.69, 9.17) is 10.2 Å². The molecule has 0 radical (unpaired) electrons. The number of nitrogens with two attached hydrogens (primary N) is 1. The predicted octanol–water partition coefficient (Wildman–Crippen LogP) is 1.50. The Kier molecular flexibility index (Phi) is 2.89. The molecule has 0 atom stereocenters. The molecule has 96 valence electrons. The van der Waals surface area contributed by atoms with Gasteiger partial charge in [-0.3, -0.25) is 9.36 Å². The van der Waals surface area contributed by atoms with Crippen molar-refractivity contribution in [3.05, 3.63) is 64.6 Å². The Balaban J connectivity index is 2.01. The van der Waals surface area contributed by atoms with Gasteiger partial charge in [0.25, 0.3) is 5.56 Å². The van der Waals surface area contributed by atoms with Crippen LogP contribution in [0, 0.1) is 0 Å². The molecule has 5 heteroatoms. The molecule has 0 unspecified atom stereocenters. The lowest BCUT2D eigenvalue weighted by Gasteiger charge is -2.04. The van der Waals surface area contributed by atoms with E-state index < -0.39 is 0 Å². The van der Waals surface area contributed by atoms with Crippen molar-refractivity contribution in [2.24, 2.45) is 5.73 Å². The summed E-state index contributed by atoms with van der Waals surface area (Å²) in [4.78, 5) is 16.5. The quantitative estimate of drug-likeness (QED) is 0.769. The molecule has 0 amide bonds. The molecule has 0 aliphatic rings. The summed E-state index contributed by atoms with van der Waals surface area (Å²) in [7, 11) is 0. The molecule has 2 aromatic heterocycles. The summed E-state index contributed by atoms with van der Waals surface area (Å²) in [5.74, 6) is 1.40. The Bertz CT molecular complexity index is 773. The number of aromatic nitrogens is 2. The maximum Gasteiger partial charge on any atom is 0.261 e. The van der Waals surface area contributed by atoms with E-state index in [0.717, 1.165) is 0 Å². The Morgan fingerprint density at radius 2 is 1.95 bits per heavy atom. The highest BCUT2D eigenvalue weighted by Crippen LogP contribution is 2.09. The molecular formula is C14H13N3O2. The van der Waals surface area contributed by atoms with Crippen LogP contribution in [-0.2, 0) is 13.1 Å². The van der Waals surface area contributed by atoms with Crippen LogP contribution in [0.15, 0.2) is 51.9 Å². The van der Waals surface area contributed by atoms with E-state index in [0.29, 0.717) is 35.5 Å². The molecule has 2 heterocycles. The van der Waals surface area contributed by atoms with E-state index in [1.54, 1.807) is 6.07 Å². The average Bonchev–Trinajstić information content (AvgIpc) is 2.90. The SMILES string of the molecule is NCc1ccc(Cn2cnc3ccccc3c2=O)o1. The van der Waals surface area contributed by atoms with Gasteiger partial charge < -0.3 is 10.2 Å². The van der Waals surface area contributed by atoms with Crippen molar-refractivity contribution in [3.63, 3.8) is 0 Å². The minimum Gasteiger partial charge on any atom is -0.463 e.